The van der Waals surface area contributed by atoms with Crippen LogP contribution in [0.4, 0.5) is 27.6 Å². The molecule has 1 aliphatic rings. The Kier molecular flexibility index (Phi) is 6.95. The first kappa shape index (κ1) is 24.9. The van der Waals surface area contributed by atoms with Gasteiger partial charge < -0.3 is 15.4 Å². The zero-order chi connectivity index (χ0) is 25.3. The number of ether oxygens (including phenoxy) is 1. The number of hydrogen-bond donors (Lipinski definition) is 2. The Morgan fingerprint density at radius 1 is 1.17 bits per heavy atom. The van der Waals surface area contributed by atoms with E-state index in [9.17, 15) is 22.4 Å². The summed E-state index contributed by atoms with van der Waals surface area (Å²) in [4.78, 5) is 17.3. The molecule has 0 unspecified atom stereocenters. The number of carbonyl (C=O) groups excluding carboxylic acids is 1. The molecule has 11 heteroatoms. The van der Waals surface area contributed by atoms with Crippen molar-refractivity contribution in [2.45, 2.75) is 32.2 Å². The van der Waals surface area contributed by atoms with Crippen molar-refractivity contribution in [2.75, 3.05) is 11.9 Å². The first-order chi connectivity index (χ1) is 16.5. The van der Waals surface area contributed by atoms with E-state index < -0.39 is 46.8 Å². The fourth-order valence-corrected chi connectivity index (χ4v) is 3.78. The number of aromatic nitrogens is 1. The lowest BCUT2D eigenvalue weighted by Crippen LogP contribution is -2.32. The van der Waals surface area contributed by atoms with Gasteiger partial charge in [0, 0.05) is 12.1 Å². The minimum atomic E-state index is -4.76. The minimum Gasteiger partial charge on any atom is -0.480 e. The summed E-state index contributed by atoms with van der Waals surface area (Å²) in [5, 5.41) is 5.18. The topological polar surface area (TPSA) is 63.2 Å². The van der Waals surface area contributed by atoms with E-state index in [0.29, 0.717) is 12.2 Å². The fraction of sp³-hybridized carbons (Fsp3) is 0.250. The molecule has 2 aromatic carbocycles. The number of halogens is 6. The molecule has 2 N–H and O–H groups in total. The number of carbonyl (C=O) groups is 1. The van der Waals surface area contributed by atoms with Crippen molar-refractivity contribution in [3.05, 3.63) is 75.9 Å². The third kappa shape index (κ3) is 5.38. The quantitative estimate of drug-likeness (QED) is 0.418. The smallest absolute Gasteiger partial charge is 0.425 e. The second kappa shape index (κ2) is 9.79. The molecular weight excluding hydrogens is 493 g/mol. The minimum absolute atomic E-state index is 0.145. The highest BCUT2D eigenvalue weighted by Crippen LogP contribution is 2.34. The molecule has 1 atom stereocenters. The molecule has 1 aromatic heterocycles. The third-order valence-electron chi connectivity index (χ3n) is 5.49. The summed E-state index contributed by atoms with van der Waals surface area (Å²) in [6, 6.07) is 8.70. The Hall–Kier alpha value is -3.24. The van der Waals surface area contributed by atoms with Gasteiger partial charge in [0.1, 0.15) is 17.4 Å². The number of hydrogen-bond acceptors (Lipinski definition) is 4. The maximum atomic E-state index is 15.2. The van der Waals surface area contributed by atoms with E-state index in [0.717, 1.165) is 43.7 Å². The zero-order valence-corrected chi connectivity index (χ0v) is 19.0. The zero-order valence-electron chi connectivity index (χ0n) is 18.3. The summed E-state index contributed by atoms with van der Waals surface area (Å²) in [5.41, 5.74) is 0.716. The van der Waals surface area contributed by atoms with E-state index in [4.69, 9.17) is 16.3 Å². The van der Waals surface area contributed by atoms with Gasteiger partial charge in [-0.15, -0.1) is 0 Å². The van der Waals surface area contributed by atoms with Crippen LogP contribution in [0.3, 0.4) is 0 Å². The summed E-state index contributed by atoms with van der Waals surface area (Å²) >= 11 is 5.92. The lowest BCUT2D eigenvalue weighted by Gasteiger charge is -2.21. The van der Waals surface area contributed by atoms with Gasteiger partial charge in [-0.1, -0.05) is 23.7 Å². The number of rotatable bonds is 5. The van der Waals surface area contributed by atoms with E-state index in [1.807, 2.05) is 0 Å². The number of anilines is 1. The van der Waals surface area contributed by atoms with Crippen molar-refractivity contribution in [3.63, 3.8) is 0 Å². The van der Waals surface area contributed by atoms with Crippen molar-refractivity contribution in [2.24, 2.45) is 0 Å². The van der Waals surface area contributed by atoms with Gasteiger partial charge in [-0.25, -0.2) is 8.78 Å². The van der Waals surface area contributed by atoms with Crippen molar-refractivity contribution >= 4 is 23.2 Å². The molecule has 0 saturated carbocycles. The van der Waals surface area contributed by atoms with Crippen LogP contribution in [-0.2, 0) is 13.0 Å². The molecule has 0 saturated heterocycles. The fourth-order valence-electron chi connectivity index (χ4n) is 3.57. The van der Waals surface area contributed by atoms with Gasteiger partial charge in [0.25, 0.3) is 5.91 Å². The Balaban J connectivity index is 1.77. The molecule has 0 radical (unpaired) electrons. The standard InChI is InChI=1S/C24H19ClF5N3O2/c1-12(24(28,29)30)35-21-10-14(19-6-5-13-7-8-31-11-20(13)32-19)18(27)9-15(21)23(34)33-22-16(25)3-2-4-17(22)26/h2-6,9-10,12,31H,7-8,11H2,1H3,(H,33,34)/t12-/m0/s1. The molecule has 1 amide bonds. The van der Waals surface area contributed by atoms with Crippen molar-refractivity contribution in [1.82, 2.24) is 10.3 Å². The van der Waals surface area contributed by atoms with E-state index in [1.165, 1.54) is 12.1 Å². The number of pyridine rings is 1. The van der Waals surface area contributed by atoms with Gasteiger partial charge >= 0.3 is 6.18 Å². The lowest BCUT2D eigenvalue weighted by atomic mass is 10.0. The van der Waals surface area contributed by atoms with Crippen LogP contribution in [0.25, 0.3) is 11.3 Å². The summed E-state index contributed by atoms with van der Waals surface area (Å²) in [6.45, 7) is 1.98. The van der Waals surface area contributed by atoms with Crippen LogP contribution in [0.2, 0.25) is 5.02 Å². The van der Waals surface area contributed by atoms with Gasteiger partial charge in [0.15, 0.2) is 6.10 Å². The monoisotopic (exact) mass is 511 g/mol. The summed E-state index contributed by atoms with van der Waals surface area (Å²) < 4.78 is 74.0. The Morgan fingerprint density at radius 2 is 1.94 bits per heavy atom. The van der Waals surface area contributed by atoms with Gasteiger partial charge in [-0.3, -0.25) is 9.78 Å². The summed E-state index contributed by atoms with van der Waals surface area (Å²) in [7, 11) is 0. The lowest BCUT2D eigenvalue weighted by molar-refractivity contribution is -0.189. The SMILES string of the molecule is C[C@H](Oc1cc(-c2ccc3c(n2)CNCC3)c(F)cc1C(=O)Nc1c(F)cccc1Cl)C(F)(F)F. The predicted molar refractivity (Wildman–Crippen MR) is 121 cm³/mol. The first-order valence-electron chi connectivity index (χ1n) is 10.6. The van der Waals surface area contributed by atoms with E-state index in [2.05, 4.69) is 15.6 Å². The van der Waals surface area contributed by atoms with Crippen molar-refractivity contribution in [1.29, 1.82) is 0 Å². The van der Waals surface area contributed by atoms with Crippen LogP contribution in [0, 0.1) is 11.6 Å². The van der Waals surface area contributed by atoms with Crippen molar-refractivity contribution in [3.8, 4) is 17.0 Å². The number of nitrogens with zero attached hydrogens (tertiary/aromatic N) is 1. The van der Waals surface area contributed by atoms with Gasteiger partial charge in [0.05, 0.1) is 27.7 Å². The molecule has 5 nitrogen and oxygen atoms in total. The molecule has 3 aromatic rings. The molecule has 2 heterocycles. The first-order valence-corrected chi connectivity index (χ1v) is 10.9. The highest BCUT2D eigenvalue weighted by Gasteiger charge is 2.39. The normalized spacial score (nSPS) is 14.3. The van der Waals surface area contributed by atoms with E-state index >= 15 is 4.39 Å². The van der Waals surface area contributed by atoms with Crippen LogP contribution < -0.4 is 15.4 Å². The predicted octanol–water partition coefficient (Wildman–Crippen LogP) is 5.91. The van der Waals surface area contributed by atoms with Crippen LogP contribution >= 0.6 is 11.6 Å². The maximum Gasteiger partial charge on any atom is 0.425 e. The Labute approximate surface area is 202 Å². The van der Waals surface area contributed by atoms with Gasteiger partial charge in [0.2, 0.25) is 0 Å². The highest BCUT2D eigenvalue weighted by molar-refractivity contribution is 6.34. The third-order valence-corrected chi connectivity index (χ3v) is 5.80. The van der Waals surface area contributed by atoms with Gasteiger partial charge in [-0.05, 0) is 55.8 Å². The Morgan fingerprint density at radius 3 is 2.66 bits per heavy atom. The maximum absolute atomic E-state index is 15.2. The number of amides is 1. The molecule has 184 valence electrons. The molecule has 0 fully saturated rings. The number of para-hydroxylation sites is 1. The number of nitrogens with one attached hydrogen (secondary N) is 2. The average molecular weight is 512 g/mol. The summed E-state index contributed by atoms with van der Waals surface area (Å²) in [6.07, 6.45) is -6.34. The molecule has 4 rings (SSSR count). The largest absolute Gasteiger partial charge is 0.480 e. The van der Waals surface area contributed by atoms with Crippen molar-refractivity contribution < 1.29 is 31.5 Å². The highest BCUT2D eigenvalue weighted by atomic mass is 35.5. The van der Waals surface area contributed by atoms with E-state index in [1.54, 1.807) is 12.1 Å². The number of fused-ring (bicyclic) bond motifs is 1. The van der Waals surface area contributed by atoms with Crippen LogP contribution in [0.5, 0.6) is 5.75 Å². The number of alkyl halides is 3. The van der Waals surface area contributed by atoms with Crippen LogP contribution in [0.15, 0.2) is 42.5 Å². The molecule has 0 aliphatic carbocycles. The Bertz CT molecular complexity index is 1260. The van der Waals surface area contributed by atoms with Crippen LogP contribution in [0.1, 0.15) is 28.5 Å². The number of benzene rings is 2. The van der Waals surface area contributed by atoms with Gasteiger partial charge in [-0.2, -0.15) is 13.2 Å². The molecule has 0 bridgehead atoms. The second-order valence-corrected chi connectivity index (χ2v) is 8.32. The molecular formula is C24H19ClF5N3O2. The average Bonchev–Trinajstić information content (AvgIpc) is 2.81. The second-order valence-electron chi connectivity index (χ2n) is 7.91. The molecule has 0 spiro atoms. The summed E-state index contributed by atoms with van der Waals surface area (Å²) in [5.74, 6) is -3.44. The van der Waals surface area contributed by atoms with E-state index in [-0.39, 0.29) is 16.3 Å². The molecule has 35 heavy (non-hydrogen) atoms. The van der Waals surface area contributed by atoms with Crippen LogP contribution in [-0.4, -0.2) is 29.7 Å². The molecule has 1 aliphatic heterocycles.